The van der Waals surface area contributed by atoms with Crippen LogP contribution in [-0.4, -0.2) is 10.1 Å². The van der Waals surface area contributed by atoms with E-state index >= 15 is 0 Å². The van der Waals surface area contributed by atoms with Gasteiger partial charge in [0.2, 0.25) is 0 Å². The number of carbonyl (C=O) groups is 1. The highest BCUT2D eigenvalue weighted by molar-refractivity contribution is 14.1. The van der Waals surface area contributed by atoms with Gasteiger partial charge in [-0.05, 0) is 60.1 Å². The van der Waals surface area contributed by atoms with E-state index in [1.54, 1.807) is 0 Å². The van der Waals surface area contributed by atoms with Gasteiger partial charge in [-0.3, -0.25) is 4.79 Å². The number of carbonyl (C=O) groups excluding carboxylic acids is 1. The van der Waals surface area contributed by atoms with Gasteiger partial charge in [0.25, 0.3) is 0 Å². The lowest BCUT2D eigenvalue weighted by Gasteiger charge is -2.28. The second kappa shape index (κ2) is 3.75. The summed E-state index contributed by atoms with van der Waals surface area (Å²) >= 11 is 2.24. The second-order valence-electron chi connectivity index (χ2n) is 4.46. The van der Waals surface area contributed by atoms with Gasteiger partial charge in [-0.2, -0.15) is 0 Å². The van der Waals surface area contributed by atoms with Crippen LogP contribution in [0.3, 0.4) is 0 Å². The molecule has 13 heavy (non-hydrogen) atoms. The standard InChI is InChI=1S/C10H15IO2/c1-6-2-7-4-8(3-6)10(12)13-9(11)5-7/h6-9H,2-5H2,1H3. The smallest absolute Gasteiger partial charge is 0.309 e. The quantitative estimate of drug-likeness (QED) is 0.390. The van der Waals surface area contributed by atoms with Crippen molar-refractivity contribution in [3.63, 3.8) is 0 Å². The number of ether oxygens (including phenoxy) is 1. The lowest BCUT2D eigenvalue weighted by Crippen LogP contribution is -2.24. The fourth-order valence-corrected chi connectivity index (χ4v) is 3.63. The third-order valence-corrected chi connectivity index (χ3v) is 3.90. The Morgan fingerprint density at radius 1 is 1.31 bits per heavy atom. The van der Waals surface area contributed by atoms with E-state index in [2.05, 4.69) is 29.5 Å². The molecule has 0 aromatic carbocycles. The fraction of sp³-hybridized carbons (Fsp3) is 0.900. The van der Waals surface area contributed by atoms with Crippen LogP contribution >= 0.6 is 22.6 Å². The van der Waals surface area contributed by atoms with Gasteiger partial charge in [-0.25, -0.2) is 0 Å². The molecule has 74 valence electrons. The molecule has 1 saturated heterocycles. The summed E-state index contributed by atoms with van der Waals surface area (Å²) in [4.78, 5) is 11.6. The molecule has 4 unspecified atom stereocenters. The molecular formula is C10H15IO2. The summed E-state index contributed by atoms with van der Waals surface area (Å²) in [5.74, 6) is 1.68. The van der Waals surface area contributed by atoms with E-state index in [1.165, 1.54) is 6.42 Å². The molecule has 2 aliphatic rings. The van der Waals surface area contributed by atoms with Crippen molar-refractivity contribution in [3.8, 4) is 0 Å². The maximum Gasteiger partial charge on any atom is 0.309 e. The molecule has 2 rings (SSSR count). The van der Waals surface area contributed by atoms with Gasteiger partial charge in [0.05, 0.1) is 5.92 Å². The summed E-state index contributed by atoms with van der Waals surface area (Å²) in [6, 6.07) is 0. The zero-order chi connectivity index (χ0) is 9.42. The molecule has 2 bridgehead atoms. The second-order valence-corrected chi connectivity index (χ2v) is 5.85. The van der Waals surface area contributed by atoms with E-state index in [4.69, 9.17) is 4.74 Å². The molecule has 0 spiro atoms. The van der Waals surface area contributed by atoms with Crippen LogP contribution in [0.15, 0.2) is 0 Å². The molecule has 0 aromatic heterocycles. The van der Waals surface area contributed by atoms with Crippen LogP contribution in [0.1, 0.15) is 32.6 Å². The van der Waals surface area contributed by atoms with Crippen molar-refractivity contribution in [2.45, 2.75) is 36.7 Å². The Kier molecular flexibility index (Phi) is 2.81. The molecule has 4 atom stereocenters. The lowest BCUT2D eigenvalue weighted by atomic mass is 9.75. The Morgan fingerprint density at radius 3 is 2.85 bits per heavy atom. The highest BCUT2D eigenvalue weighted by atomic mass is 127. The number of hydrogen-bond acceptors (Lipinski definition) is 2. The Labute approximate surface area is 92.5 Å². The van der Waals surface area contributed by atoms with Crippen LogP contribution in [0, 0.1) is 17.8 Å². The summed E-state index contributed by atoms with van der Waals surface area (Å²) < 4.78 is 5.44. The van der Waals surface area contributed by atoms with Gasteiger partial charge in [0.1, 0.15) is 0 Å². The maximum absolute atomic E-state index is 11.6. The Bertz CT molecular complexity index is 217. The van der Waals surface area contributed by atoms with Crippen molar-refractivity contribution in [3.05, 3.63) is 0 Å². The van der Waals surface area contributed by atoms with E-state index in [9.17, 15) is 4.79 Å². The minimum Gasteiger partial charge on any atom is -0.451 e. The number of fused-ring (bicyclic) bond motifs is 2. The Balaban J connectivity index is 2.12. The third kappa shape index (κ3) is 2.17. The number of esters is 1. The first-order valence-corrected chi connectivity index (χ1v) is 6.24. The molecule has 0 amide bonds. The molecule has 2 nitrogen and oxygen atoms in total. The first-order chi connectivity index (χ1) is 6.15. The summed E-state index contributed by atoms with van der Waals surface area (Å²) in [5, 5.41) is 0. The molecular weight excluding hydrogens is 279 g/mol. The zero-order valence-corrected chi connectivity index (χ0v) is 9.99. The SMILES string of the molecule is CC1CC2CC(I)OC(=O)C(C1)C2. The van der Waals surface area contributed by atoms with Crippen LogP contribution in [0.2, 0.25) is 0 Å². The highest BCUT2D eigenvalue weighted by Gasteiger charge is 2.36. The third-order valence-electron chi connectivity index (χ3n) is 3.14. The average Bonchev–Trinajstić information content (AvgIpc) is 2.09. The van der Waals surface area contributed by atoms with Gasteiger partial charge in [-0.1, -0.05) is 6.92 Å². The molecule has 0 aromatic rings. The highest BCUT2D eigenvalue weighted by Crippen LogP contribution is 2.40. The summed E-state index contributed by atoms with van der Waals surface area (Å²) in [5.41, 5.74) is 0. The Hall–Kier alpha value is 0.200. The fourth-order valence-electron chi connectivity index (χ4n) is 2.66. The van der Waals surface area contributed by atoms with Crippen molar-refractivity contribution in [2.24, 2.45) is 17.8 Å². The number of hydrogen-bond donors (Lipinski definition) is 0. The predicted molar refractivity (Wildman–Crippen MR) is 58.5 cm³/mol. The van der Waals surface area contributed by atoms with Crippen LogP contribution in [0.25, 0.3) is 0 Å². The molecule has 2 fully saturated rings. The first-order valence-electron chi connectivity index (χ1n) is 4.99. The van der Waals surface area contributed by atoms with Crippen LogP contribution in [0.5, 0.6) is 0 Å². The predicted octanol–water partition coefficient (Wildman–Crippen LogP) is 2.75. The number of rotatable bonds is 0. The van der Waals surface area contributed by atoms with Crippen LogP contribution < -0.4 is 0 Å². The van der Waals surface area contributed by atoms with Gasteiger partial charge < -0.3 is 4.74 Å². The number of alkyl halides is 1. The van der Waals surface area contributed by atoms with E-state index in [0.29, 0.717) is 5.92 Å². The van der Waals surface area contributed by atoms with Crippen molar-refractivity contribution >= 4 is 28.6 Å². The van der Waals surface area contributed by atoms with Crippen molar-refractivity contribution in [2.75, 3.05) is 0 Å². The summed E-state index contributed by atoms with van der Waals surface area (Å²) in [7, 11) is 0. The van der Waals surface area contributed by atoms with Crippen molar-refractivity contribution in [1.29, 1.82) is 0 Å². The first kappa shape index (κ1) is 9.74. The van der Waals surface area contributed by atoms with Crippen molar-refractivity contribution in [1.82, 2.24) is 0 Å². The van der Waals surface area contributed by atoms with Crippen LogP contribution in [-0.2, 0) is 9.53 Å². The molecule has 1 heterocycles. The van der Waals surface area contributed by atoms with Gasteiger partial charge in [0.15, 0.2) is 4.11 Å². The van der Waals surface area contributed by atoms with Gasteiger partial charge in [0, 0.05) is 0 Å². The monoisotopic (exact) mass is 294 g/mol. The summed E-state index contributed by atoms with van der Waals surface area (Å²) in [6.07, 6.45) is 4.46. The number of cyclic esters (lactones) is 1. The lowest BCUT2D eigenvalue weighted by molar-refractivity contribution is -0.149. The topological polar surface area (TPSA) is 26.3 Å². The molecule has 3 heteroatoms. The van der Waals surface area contributed by atoms with Crippen LogP contribution in [0.4, 0.5) is 0 Å². The molecule has 0 N–H and O–H groups in total. The van der Waals surface area contributed by atoms with Gasteiger partial charge in [-0.15, -0.1) is 0 Å². The van der Waals surface area contributed by atoms with Crippen molar-refractivity contribution < 1.29 is 9.53 Å². The van der Waals surface area contributed by atoms with E-state index in [1.807, 2.05) is 0 Å². The Morgan fingerprint density at radius 2 is 2.08 bits per heavy atom. The molecule has 1 aliphatic carbocycles. The molecule has 0 radical (unpaired) electrons. The van der Waals surface area contributed by atoms with E-state index in [-0.39, 0.29) is 16.0 Å². The minimum absolute atomic E-state index is 0.0495. The number of halogens is 1. The molecule has 1 aliphatic heterocycles. The van der Waals surface area contributed by atoms with E-state index < -0.39 is 0 Å². The summed E-state index contributed by atoms with van der Waals surface area (Å²) in [6.45, 7) is 2.25. The minimum atomic E-state index is 0.0495. The van der Waals surface area contributed by atoms with E-state index in [0.717, 1.165) is 25.2 Å². The maximum atomic E-state index is 11.6. The van der Waals surface area contributed by atoms with Gasteiger partial charge >= 0.3 is 5.97 Å². The average molecular weight is 294 g/mol. The molecule has 1 saturated carbocycles. The zero-order valence-electron chi connectivity index (χ0n) is 7.83. The largest absolute Gasteiger partial charge is 0.451 e. The normalized spacial score (nSPS) is 45.2.